The van der Waals surface area contributed by atoms with Gasteiger partial charge in [0, 0.05) is 29.4 Å². The molecule has 0 saturated carbocycles. The SMILES string of the molecule is CCn1nc(C)c(-c2ccc3c(/C=C/c4ccccn4)n[nH]c3c2)c1C(=O)Nc1cc(N)ccc1F. The fraction of sp³-hybridized carbons (Fsp3) is 0.111. The van der Waals surface area contributed by atoms with Crippen molar-refractivity contribution in [3.05, 3.63) is 89.4 Å². The van der Waals surface area contributed by atoms with Crippen LogP contribution in [0.5, 0.6) is 0 Å². The Hall–Kier alpha value is -4.79. The first-order chi connectivity index (χ1) is 17.4. The first-order valence-electron chi connectivity index (χ1n) is 11.5. The molecule has 3 aromatic heterocycles. The molecule has 0 aliphatic rings. The van der Waals surface area contributed by atoms with Gasteiger partial charge in [0.2, 0.25) is 0 Å². The molecule has 0 radical (unpaired) electrons. The summed E-state index contributed by atoms with van der Waals surface area (Å²) in [6.07, 6.45) is 5.54. The van der Waals surface area contributed by atoms with E-state index in [1.165, 1.54) is 18.2 Å². The Morgan fingerprint density at radius 3 is 2.81 bits per heavy atom. The number of nitrogens with zero attached hydrogens (tertiary/aromatic N) is 4. The number of anilines is 2. The van der Waals surface area contributed by atoms with Crippen LogP contribution in [-0.2, 0) is 6.54 Å². The Bertz CT molecular complexity index is 1600. The molecule has 0 aliphatic carbocycles. The highest BCUT2D eigenvalue weighted by Gasteiger charge is 2.24. The molecular formula is C27H24FN7O. The van der Waals surface area contributed by atoms with Gasteiger partial charge in [-0.25, -0.2) is 4.39 Å². The molecule has 1 amide bonds. The van der Waals surface area contributed by atoms with Crippen LogP contribution < -0.4 is 11.1 Å². The lowest BCUT2D eigenvalue weighted by Gasteiger charge is -2.11. The van der Waals surface area contributed by atoms with Crippen molar-refractivity contribution in [1.82, 2.24) is 25.0 Å². The van der Waals surface area contributed by atoms with Crippen LogP contribution >= 0.6 is 0 Å². The van der Waals surface area contributed by atoms with Crippen LogP contribution in [0.25, 0.3) is 34.2 Å². The Labute approximate surface area is 206 Å². The van der Waals surface area contributed by atoms with E-state index in [0.717, 1.165) is 27.9 Å². The van der Waals surface area contributed by atoms with Crippen LogP contribution in [0.15, 0.2) is 60.8 Å². The molecule has 8 nitrogen and oxygen atoms in total. The third-order valence-electron chi connectivity index (χ3n) is 5.86. The van der Waals surface area contributed by atoms with Crippen molar-refractivity contribution in [2.45, 2.75) is 20.4 Å². The number of carbonyl (C=O) groups excluding carboxylic acids is 1. The van der Waals surface area contributed by atoms with Crippen molar-refractivity contribution < 1.29 is 9.18 Å². The number of hydrogen-bond donors (Lipinski definition) is 3. The molecule has 2 aromatic carbocycles. The van der Waals surface area contributed by atoms with E-state index in [2.05, 4.69) is 25.6 Å². The summed E-state index contributed by atoms with van der Waals surface area (Å²) < 4.78 is 15.9. The smallest absolute Gasteiger partial charge is 0.274 e. The van der Waals surface area contributed by atoms with Gasteiger partial charge in [-0.05, 0) is 74.0 Å². The maximum atomic E-state index is 14.3. The maximum absolute atomic E-state index is 14.3. The van der Waals surface area contributed by atoms with Gasteiger partial charge in [-0.3, -0.25) is 19.6 Å². The largest absolute Gasteiger partial charge is 0.399 e. The standard InChI is InChI=1S/C27H24FN7O/c1-3-35-26(27(36)31-24-15-18(29)8-11-21(24)28)25(16(2)34-35)17-7-10-20-22(32-33-23(20)14-17)12-9-19-6-4-5-13-30-19/h4-15H,3,29H2,1-2H3,(H,31,36)(H,32,33)/b12-9+. The van der Waals surface area contributed by atoms with E-state index < -0.39 is 11.7 Å². The molecule has 3 heterocycles. The van der Waals surface area contributed by atoms with Crippen LogP contribution in [0, 0.1) is 12.7 Å². The third-order valence-corrected chi connectivity index (χ3v) is 5.86. The second kappa shape index (κ2) is 9.46. The van der Waals surface area contributed by atoms with E-state index in [-0.39, 0.29) is 5.69 Å². The van der Waals surface area contributed by atoms with Crippen LogP contribution in [0.4, 0.5) is 15.8 Å². The third kappa shape index (κ3) is 4.34. The molecule has 0 fully saturated rings. The fourth-order valence-electron chi connectivity index (χ4n) is 4.17. The molecule has 36 heavy (non-hydrogen) atoms. The fourth-order valence-corrected chi connectivity index (χ4v) is 4.17. The van der Waals surface area contributed by atoms with Gasteiger partial charge in [-0.2, -0.15) is 10.2 Å². The molecule has 5 rings (SSSR count). The van der Waals surface area contributed by atoms with E-state index in [4.69, 9.17) is 5.73 Å². The Morgan fingerprint density at radius 2 is 2.03 bits per heavy atom. The average Bonchev–Trinajstić information content (AvgIpc) is 3.45. The van der Waals surface area contributed by atoms with Crippen molar-refractivity contribution in [2.24, 2.45) is 0 Å². The number of nitrogens with one attached hydrogen (secondary N) is 2. The predicted octanol–water partition coefficient (Wildman–Crippen LogP) is 5.29. The Kier molecular flexibility index (Phi) is 6.03. The van der Waals surface area contributed by atoms with Crippen molar-refractivity contribution >= 4 is 40.3 Å². The van der Waals surface area contributed by atoms with Crippen LogP contribution in [0.1, 0.15) is 34.5 Å². The average molecular weight is 482 g/mol. The first-order valence-corrected chi connectivity index (χ1v) is 11.5. The number of rotatable bonds is 6. The number of nitrogens with two attached hydrogens (primary N) is 1. The lowest BCUT2D eigenvalue weighted by Crippen LogP contribution is -2.19. The number of hydrogen-bond acceptors (Lipinski definition) is 5. The number of amides is 1. The maximum Gasteiger partial charge on any atom is 0.274 e. The molecule has 5 aromatic rings. The first kappa shape index (κ1) is 23.0. The number of benzene rings is 2. The number of aryl methyl sites for hydroxylation is 2. The quantitative estimate of drug-likeness (QED) is 0.285. The zero-order valence-electron chi connectivity index (χ0n) is 19.8. The summed E-state index contributed by atoms with van der Waals surface area (Å²) in [4.78, 5) is 17.6. The van der Waals surface area contributed by atoms with E-state index >= 15 is 0 Å². The second-order valence-corrected chi connectivity index (χ2v) is 8.28. The van der Waals surface area contributed by atoms with Gasteiger partial charge >= 0.3 is 0 Å². The molecule has 0 atom stereocenters. The highest BCUT2D eigenvalue weighted by atomic mass is 19.1. The second-order valence-electron chi connectivity index (χ2n) is 8.28. The minimum Gasteiger partial charge on any atom is -0.399 e. The summed E-state index contributed by atoms with van der Waals surface area (Å²) in [5, 5.41) is 15.6. The van der Waals surface area contributed by atoms with Crippen LogP contribution in [-0.4, -0.2) is 30.9 Å². The summed E-state index contributed by atoms with van der Waals surface area (Å²) in [7, 11) is 0. The number of carbonyl (C=O) groups is 1. The van der Waals surface area contributed by atoms with Crippen molar-refractivity contribution in [3.8, 4) is 11.1 Å². The van der Waals surface area contributed by atoms with E-state index in [1.807, 2.05) is 62.4 Å². The molecule has 180 valence electrons. The van der Waals surface area contributed by atoms with E-state index in [9.17, 15) is 9.18 Å². The van der Waals surface area contributed by atoms with Gasteiger partial charge in [-0.15, -0.1) is 0 Å². The molecule has 0 unspecified atom stereocenters. The number of H-pyrrole nitrogens is 1. The molecule has 0 saturated heterocycles. The molecule has 0 spiro atoms. The summed E-state index contributed by atoms with van der Waals surface area (Å²) in [5.74, 6) is -1.04. The number of aromatic amines is 1. The zero-order chi connectivity index (χ0) is 25.2. The van der Waals surface area contributed by atoms with Crippen LogP contribution in [0.3, 0.4) is 0 Å². The highest BCUT2D eigenvalue weighted by Crippen LogP contribution is 2.32. The molecular weight excluding hydrogens is 457 g/mol. The lowest BCUT2D eigenvalue weighted by atomic mass is 10.0. The normalized spacial score (nSPS) is 11.4. The topological polar surface area (TPSA) is 115 Å². The highest BCUT2D eigenvalue weighted by molar-refractivity contribution is 6.08. The summed E-state index contributed by atoms with van der Waals surface area (Å²) in [6.45, 7) is 4.21. The van der Waals surface area contributed by atoms with E-state index in [0.29, 0.717) is 29.2 Å². The molecule has 0 bridgehead atoms. The number of fused-ring (bicyclic) bond motifs is 1. The van der Waals surface area contributed by atoms with Gasteiger partial charge in [0.1, 0.15) is 11.5 Å². The monoisotopic (exact) mass is 481 g/mol. The van der Waals surface area contributed by atoms with Crippen molar-refractivity contribution in [1.29, 1.82) is 0 Å². The zero-order valence-corrected chi connectivity index (χ0v) is 19.8. The number of nitrogen functional groups attached to an aromatic ring is 1. The number of halogens is 1. The molecule has 0 aliphatic heterocycles. The van der Waals surface area contributed by atoms with Crippen LogP contribution in [0.2, 0.25) is 0 Å². The van der Waals surface area contributed by atoms with Gasteiger partial charge in [-0.1, -0.05) is 12.1 Å². The number of pyridine rings is 1. The lowest BCUT2D eigenvalue weighted by molar-refractivity contribution is 0.101. The summed E-state index contributed by atoms with van der Waals surface area (Å²) in [6, 6.07) is 15.6. The van der Waals surface area contributed by atoms with Gasteiger partial charge in [0.25, 0.3) is 5.91 Å². The molecule has 9 heteroatoms. The van der Waals surface area contributed by atoms with Gasteiger partial charge in [0.05, 0.1) is 28.3 Å². The predicted molar refractivity (Wildman–Crippen MR) is 140 cm³/mol. The minimum atomic E-state index is -0.566. The van der Waals surface area contributed by atoms with Crippen molar-refractivity contribution in [2.75, 3.05) is 11.1 Å². The van der Waals surface area contributed by atoms with Crippen molar-refractivity contribution in [3.63, 3.8) is 0 Å². The Balaban J connectivity index is 1.52. The van der Waals surface area contributed by atoms with Gasteiger partial charge in [0.15, 0.2) is 0 Å². The Morgan fingerprint density at radius 1 is 1.17 bits per heavy atom. The van der Waals surface area contributed by atoms with E-state index in [1.54, 1.807) is 10.9 Å². The minimum absolute atomic E-state index is 0.0146. The summed E-state index contributed by atoms with van der Waals surface area (Å²) >= 11 is 0. The number of aromatic nitrogens is 5. The molecule has 4 N–H and O–H groups in total. The van der Waals surface area contributed by atoms with Gasteiger partial charge < -0.3 is 11.1 Å². The summed E-state index contributed by atoms with van der Waals surface area (Å²) in [5.41, 5.74) is 11.0.